The van der Waals surface area contributed by atoms with Crippen molar-refractivity contribution in [1.82, 2.24) is 0 Å². The van der Waals surface area contributed by atoms with Crippen LogP contribution in [0.1, 0.15) is 16.7 Å². The van der Waals surface area contributed by atoms with E-state index in [1.54, 1.807) is 12.3 Å². The Bertz CT molecular complexity index is 1310. The molecule has 0 atom stereocenters. The van der Waals surface area contributed by atoms with Crippen molar-refractivity contribution in [3.05, 3.63) is 101 Å². The molecule has 1 N–H and O–H groups in total. The fourth-order valence-corrected chi connectivity index (χ4v) is 3.57. The summed E-state index contributed by atoms with van der Waals surface area (Å²) in [6.07, 6.45) is 1.80. The number of aliphatic imine (C=N–C) groups is 1. The minimum atomic E-state index is -0.264. The van der Waals surface area contributed by atoms with Crippen LogP contribution in [0.2, 0.25) is 5.02 Å². The summed E-state index contributed by atoms with van der Waals surface area (Å²) in [6.45, 7) is 3.81. The number of aryl methyl sites for hydroxylation is 2. The van der Waals surface area contributed by atoms with E-state index in [1.165, 1.54) is 0 Å². The number of hydrogen-bond donors (Lipinski definition) is 1. The predicted octanol–water partition coefficient (Wildman–Crippen LogP) is 6.88. The lowest BCUT2D eigenvalue weighted by molar-refractivity contribution is -0.118. The lowest BCUT2D eigenvalue weighted by atomic mass is 10.0. The smallest absolute Gasteiger partial charge is 0.262 e. The number of rotatable bonds is 6. The highest BCUT2D eigenvalue weighted by Gasteiger charge is 2.11. The summed E-state index contributed by atoms with van der Waals surface area (Å²) in [5, 5.41) is 5.51. The number of ether oxygens (including phenoxy) is 1. The lowest BCUT2D eigenvalue weighted by Gasteiger charge is -2.12. The third-order valence-electron chi connectivity index (χ3n) is 5.19. The number of benzene rings is 4. The van der Waals surface area contributed by atoms with Crippen molar-refractivity contribution in [3.63, 3.8) is 0 Å². The molecule has 0 aliphatic heterocycles. The number of amides is 1. The zero-order valence-corrected chi connectivity index (χ0v) is 18.7. The van der Waals surface area contributed by atoms with Crippen LogP contribution in [0.4, 0.5) is 11.4 Å². The number of fused-ring (bicyclic) bond motifs is 1. The first-order valence-electron chi connectivity index (χ1n) is 10.3. The predicted molar refractivity (Wildman–Crippen MR) is 133 cm³/mol. The topological polar surface area (TPSA) is 50.7 Å². The fraction of sp³-hybridized carbons (Fsp3) is 0.111. The molecule has 4 rings (SSSR count). The van der Waals surface area contributed by atoms with Gasteiger partial charge in [-0.1, -0.05) is 66.2 Å². The minimum absolute atomic E-state index is 0.130. The fourth-order valence-electron chi connectivity index (χ4n) is 3.39. The van der Waals surface area contributed by atoms with Crippen LogP contribution in [0, 0.1) is 13.8 Å². The van der Waals surface area contributed by atoms with Gasteiger partial charge in [-0.05, 0) is 60.0 Å². The number of carbonyl (C=O) groups is 1. The molecule has 160 valence electrons. The van der Waals surface area contributed by atoms with Crippen molar-refractivity contribution in [2.24, 2.45) is 4.99 Å². The van der Waals surface area contributed by atoms with Crippen LogP contribution in [0.5, 0.6) is 5.75 Å². The quantitative estimate of drug-likeness (QED) is 0.331. The molecule has 0 unspecified atom stereocenters. The second-order valence-corrected chi connectivity index (χ2v) is 7.95. The zero-order valence-electron chi connectivity index (χ0n) is 17.9. The molecule has 0 heterocycles. The van der Waals surface area contributed by atoms with E-state index in [0.29, 0.717) is 16.5 Å². The number of nitrogens with one attached hydrogen (secondary N) is 1. The second-order valence-electron chi connectivity index (χ2n) is 7.54. The van der Waals surface area contributed by atoms with Gasteiger partial charge in [0.25, 0.3) is 5.91 Å². The second kappa shape index (κ2) is 9.67. The van der Waals surface area contributed by atoms with Crippen molar-refractivity contribution >= 4 is 45.9 Å². The maximum atomic E-state index is 12.5. The maximum Gasteiger partial charge on any atom is 0.262 e. The highest BCUT2D eigenvalue weighted by atomic mass is 35.5. The zero-order chi connectivity index (χ0) is 22.5. The number of hydrogen-bond acceptors (Lipinski definition) is 3. The van der Waals surface area contributed by atoms with E-state index in [0.717, 1.165) is 33.2 Å². The van der Waals surface area contributed by atoms with Crippen molar-refractivity contribution in [1.29, 1.82) is 0 Å². The first-order valence-corrected chi connectivity index (χ1v) is 10.7. The van der Waals surface area contributed by atoms with Gasteiger partial charge in [0.1, 0.15) is 5.75 Å². The Morgan fingerprint density at radius 3 is 2.56 bits per heavy atom. The molecule has 4 nitrogen and oxygen atoms in total. The van der Waals surface area contributed by atoms with E-state index < -0.39 is 0 Å². The summed E-state index contributed by atoms with van der Waals surface area (Å²) >= 11 is 6.15. The maximum absolute atomic E-state index is 12.5. The Hall–Kier alpha value is -3.63. The van der Waals surface area contributed by atoms with E-state index >= 15 is 0 Å². The van der Waals surface area contributed by atoms with Crippen LogP contribution in [0.15, 0.2) is 83.9 Å². The molecule has 0 fully saturated rings. The molecule has 0 radical (unpaired) electrons. The number of nitrogens with zero attached hydrogens (tertiary/aromatic N) is 1. The minimum Gasteiger partial charge on any atom is -0.483 e. The van der Waals surface area contributed by atoms with E-state index in [1.807, 2.05) is 86.6 Å². The van der Waals surface area contributed by atoms with Crippen molar-refractivity contribution in [2.45, 2.75) is 13.8 Å². The molecular formula is C27H23ClN2O2. The van der Waals surface area contributed by atoms with Crippen molar-refractivity contribution in [3.8, 4) is 5.75 Å². The normalized spacial score (nSPS) is 11.1. The molecule has 0 bridgehead atoms. The van der Waals surface area contributed by atoms with Gasteiger partial charge in [0.05, 0.1) is 5.69 Å². The summed E-state index contributed by atoms with van der Waals surface area (Å²) < 4.78 is 5.92. The molecule has 0 saturated heterocycles. The number of halogens is 1. The lowest BCUT2D eigenvalue weighted by Crippen LogP contribution is -2.20. The Morgan fingerprint density at radius 1 is 0.969 bits per heavy atom. The molecule has 0 aliphatic rings. The van der Waals surface area contributed by atoms with Gasteiger partial charge in [0, 0.05) is 22.5 Å². The molecular weight excluding hydrogens is 420 g/mol. The van der Waals surface area contributed by atoms with Gasteiger partial charge in [-0.2, -0.15) is 0 Å². The van der Waals surface area contributed by atoms with Crippen molar-refractivity contribution in [2.75, 3.05) is 11.9 Å². The molecule has 0 saturated carbocycles. The van der Waals surface area contributed by atoms with Gasteiger partial charge in [-0.25, -0.2) is 0 Å². The first-order chi connectivity index (χ1) is 15.5. The van der Waals surface area contributed by atoms with Gasteiger partial charge in [0.2, 0.25) is 0 Å². The molecule has 0 aliphatic carbocycles. The molecule has 0 aromatic heterocycles. The van der Waals surface area contributed by atoms with Crippen LogP contribution in [-0.2, 0) is 4.79 Å². The largest absolute Gasteiger partial charge is 0.483 e. The number of anilines is 1. The van der Waals surface area contributed by atoms with Gasteiger partial charge >= 0.3 is 0 Å². The molecule has 1 amide bonds. The summed E-state index contributed by atoms with van der Waals surface area (Å²) in [4.78, 5) is 17.1. The SMILES string of the molecule is Cc1ccc(NC(=O)COc2ccc3ccccc3c2C=Nc2ccccc2C)cc1Cl. The highest BCUT2D eigenvalue weighted by molar-refractivity contribution is 6.31. The molecule has 4 aromatic rings. The van der Waals surface area contributed by atoms with Crippen LogP contribution >= 0.6 is 11.6 Å². The van der Waals surface area contributed by atoms with Crippen LogP contribution in [0.3, 0.4) is 0 Å². The summed E-state index contributed by atoms with van der Waals surface area (Å²) in [5.74, 6) is 0.331. The summed E-state index contributed by atoms with van der Waals surface area (Å²) in [5.41, 5.74) is 4.39. The monoisotopic (exact) mass is 442 g/mol. The molecule has 32 heavy (non-hydrogen) atoms. The third-order valence-corrected chi connectivity index (χ3v) is 5.60. The average Bonchev–Trinajstić information content (AvgIpc) is 2.80. The molecule has 0 spiro atoms. The molecule has 4 aromatic carbocycles. The van der Waals surface area contributed by atoms with Crippen LogP contribution in [0.25, 0.3) is 10.8 Å². The van der Waals surface area contributed by atoms with Gasteiger partial charge in [-0.15, -0.1) is 0 Å². The van der Waals surface area contributed by atoms with Crippen molar-refractivity contribution < 1.29 is 9.53 Å². The van der Waals surface area contributed by atoms with Gasteiger partial charge in [0.15, 0.2) is 6.61 Å². The van der Waals surface area contributed by atoms with E-state index in [4.69, 9.17) is 16.3 Å². The Labute approximate surface area is 192 Å². The number of para-hydroxylation sites is 1. The van der Waals surface area contributed by atoms with E-state index in [9.17, 15) is 4.79 Å². The third kappa shape index (κ3) is 4.98. The van der Waals surface area contributed by atoms with E-state index in [-0.39, 0.29) is 12.5 Å². The standard InChI is InChI=1S/C27H23ClN2O2/c1-18-11-13-21(15-24(18)28)30-27(31)17-32-26-14-12-20-8-4-5-9-22(20)23(26)16-29-25-10-6-3-7-19(25)2/h3-16H,17H2,1-2H3,(H,30,31). The molecule has 5 heteroatoms. The highest BCUT2D eigenvalue weighted by Crippen LogP contribution is 2.28. The first kappa shape index (κ1) is 21.6. The Morgan fingerprint density at radius 2 is 1.75 bits per heavy atom. The van der Waals surface area contributed by atoms with Crippen LogP contribution in [-0.4, -0.2) is 18.7 Å². The number of carbonyl (C=O) groups excluding carboxylic acids is 1. The summed E-state index contributed by atoms with van der Waals surface area (Å²) in [6, 6.07) is 25.2. The van der Waals surface area contributed by atoms with Gasteiger partial charge < -0.3 is 10.1 Å². The Kier molecular flexibility index (Phi) is 6.52. The van der Waals surface area contributed by atoms with Gasteiger partial charge in [-0.3, -0.25) is 9.79 Å². The Balaban J connectivity index is 1.58. The average molecular weight is 443 g/mol. The van der Waals surface area contributed by atoms with Crippen LogP contribution < -0.4 is 10.1 Å². The summed E-state index contributed by atoms with van der Waals surface area (Å²) in [7, 11) is 0. The van der Waals surface area contributed by atoms with E-state index in [2.05, 4.69) is 10.3 Å².